The first-order chi connectivity index (χ1) is 14.1. The summed E-state index contributed by atoms with van der Waals surface area (Å²) in [7, 11) is 0. The van der Waals surface area contributed by atoms with E-state index in [1.165, 1.54) is 0 Å². The smallest absolute Gasteiger partial charge is 0.306 e. The number of aryl methyl sites for hydroxylation is 1. The summed E-state index contributed by atoms with van der Waals surface area (Å²) in [6, 6.07) is 15.4. The number of ether oxygens (including phenoxy) is 3. The number of nitrogens with one attached hydrogen (secondary N) is 1. The summed E-state index contributed by atoms with van der Waals surface area (Å²) in [4.78, 5) is 23.7. The van der Waals surface area contributed by atoms with Crippen LogP contribution in [0.1, 0.15) is 31.4 Å². The van der Waals surface area contributed by atoms with E-state index in [1.807, 2.05) is 62.4 Å². The molecule has 6 heteroatoms. The Morgan fingerprint density at radius 2 is 1.59 bits per heavy atom. The molecule has 0 fully saturated rings. The molecule has 2 rings (SSSR count). The summed E-state index contributed by atoms with van der Waals surface area (Å²) in [5.41, 5.74) is 2.09. The van der Waals surface area contributed by atoms with Crippen LogP contribution in [0.15, 0.2) is 48.5 Å². The number of amides is 1. The van der Waals surface area contributed by atoms with Crippen molar-refractivity contribution in [3.05, 3.63) is 59.7 Å². The van der Waals surface area contributed by atoms with E-state index in [4.69, 9.17) is 14.2 Å². The molecular formula is C23H29NO5. The molecule has 0 aromatic heterocycles. The molecule has 0 aliphatic carbocycles. The molecule has 1 amide bonds. The molecule has 0 aliphatic heterocycles. The van der Waals surface area contributed by atoms with Crippen LogP contribution in [-0.4, -0.2) is 38.2 Å². The summed E-state index contributed by atoms with van der Waals surface area (Å²) in [6.07, 6.45) is 1.49. The van der Waals surface area contributed by atoms with Gasteiger partial charge in [0, 0.05) is 13.0 Å². The molecule has 0 unspecified atom stereocenters. The Labute approximate surface area is 172 Å². The van der Waals surface area contributed by atoms with E-state index in [-0.39, 0.29) is 24.9 Å². The quantitative estimate of drug-likeness (QED) is 0.554. The largest absolute Gasteiger partial charge is 0.490 e. The van der Waals surface area contributed by atoms with Gasteiger partial charge in [0.05, 0.1) is 13.2 Å². The Hall–Kier alpha value is -3.02. The third-order valence-electron chi connectivity index (χ3n) is 4.17. The van der Waals surface area contributed by atoms with Crippen molar-refractivity contribution >= 4 is 11.9 Å². The van der Waals surface area contributed by atoms with E-state index in [1.54, 1.807) is 0 Å². The Kier molecular flexibility index (Phi) is 9.55. The topological polar surface area (TPSA) is 73.9 Å². The van der Waals surface area contributed by atoms with Crippen molar-refractivity contribution in [2.75, 3.05) is 26.4 Å². The van der Waals surface area contributed by atoms with Gasteiger partial charge in [-0.3, -0.25) is 9.59 Å². The third kappa shape index (κ3) is 8.25. The van der Waals surface area contributed by atoms with Crippen LogP contribution in [0.4, 0.5) is 0 Å². The monoisotopic (exact) mass is 399 g/mol. The molecule has 0 saturated carbocycles. The summed E-state index contributed by atoms with van der Waals surface area (Å²) in [6.45, 7) is 5.15. The zero-order chi connectivity index (χ0) is 20.9. The van der Waals surface area contributed by atoms with E-state index >= 15 is 0 Å². The zero-order valence-corrected chi connectivity index (χ0v) is 17.1. The zero-order valence-electron chi connectivity index (χ0n) is 17.1. The Morgan fingerprint density at radius 3 is 2.31 bits per heavy atom. The maximum atomic E-state index is 11.9. The van der Waals surface area contributed by atoms with Gasteiger partial charge in [0.25, 0.3) is 5.91 Å². The molecule has 0 bridgehead atoms. The summed E-state index contributed by atoms with van der Waals surface area (Å²) in [5.74, 6) is 0.723. The van der Waals surface area contributed by atoms with E-state index in [2.05, 4.69) is 5.32 Å². The summed E-state index contributed by atoms with van der Waals surface area (Å²) in [5, 5.41) is 2.76. The second kappa shape index (κ2) is 12.4. The average molecular weight is 399 g/mol. The van der Waals surface area contributed by atoms with Crippen molar-refractivity contribution < 1.29 is 23.8 Å². The molecule has 29 heavy (non-hydrogen) atoms. The second-order valence-corrected chi connectivity index (χ2v) is 6.39. The molecule has 1 N–H and O–H groups in total. The number of esters is 1. The molecular weight excluding hydrogens is 370 g/mol. The van der Waals surface area contributed by atoms with E-state index in [9.17, 15) is 9.59 Å². The van der Waals surface area contributed by atoms with Crippen LogP contribution < -0.4 is 14.8 Å². The van der Waals surface area contributed by atoms with Gasteiger partial charge < -0.3 is 19.5 Å². The van der Waals surface area contributed by atoms with Crippen LogP contribution >= 0.6 is 0 Å². The van der Waals surface area contributed by atoms with Crippen LogP contribution in [0, 0.1) is 0 Å². The number of hydrogen-bond acceptors (Lipinski definition) is 5. The first kappa shape index (κ1) is 22.3. The lowest BCUT2D eigenvalue weighted by Gasteiger charge is -2.12. The predicted molar refractivity (Wildman–Crippen MR) is 111 cm³/mol. The van der Waals surface area contributed by atoms with E-state index < -0.39 is 0 Å². The minimum Gasteiger partial charge on any atom is -0.490 e. The van der Waals surface area contributed by atoms with Crippen molar-refractivity contribution in [3.8, 4) is 11.5 Å². The number of hydrogen-bond donors (Lipinski definition) is 1. The molecule has 156 valence electrons. The van der Waals surface area contributed by atoms with Gasteiger partial charge in [-0.25, -0.2) is 0 Å². The minimum absolute atomic E-state index is 0.254. The van der Waals surface area contributed by atoms with Gasteiger partial charge in [-0.2, -0.15) is 0 Å². The van der Waals surface area contributed by atoms with Crippen molar-refractivity contribution in [3.63, 3.8) is 0 Å². The molecule has 2 aromatic carbocycles. The van der Waals surface area contributed by atoms with Crippen LogP contribution in [0.2, 0.25) is 0 Å². The molecule has 0 spiro atoms. The normalized spacial score (nSPS) is 10.3. The van der Waals surface area contributed by atoms with Crippen molar-refractivity contribution in [2.45, 2.75) is 33.1 Å². The van der Waals surface area contributed by atoms with E-state index in [0.717, 1.165) is 11.1 Å². The first-order valence-electron chi connectivity index (χ1n) is 9.97. The van der Waals surface area contributed by atoms with Crippen LogP contribution in [0.5, 0.6) is 11.5 Å². The Bertz CT molecular complexity index is 776. The summed E-state index contributed by atoms with van der Waals surface area (Å²) >= 11 is 0. The van der Waals surface area contributed by atoms with E-state index in [0.29, 0.717) is 44.1 Å². The van der Waals surface area contributed by atoms with Crippen LogP contribution in [0.3, 0.4) is 0 Å². The molecule has 6 nitrogen and oxygen atoms in total. The fourth-order valence-corrected chi connectivity index (χ4v) is 2.76. The average Bonchev–Trinajstić information content (AvgIpc) is 2.73. The highest BCUT2D eigenvalue weighted by atomic mass is 16.5. The molecule has 0 radical (unpaired) electrons. The lowest BCUT2D eigenvalue weighted by molar-refractivity contribution is -0.148. The van der Waals surface area contributed by atoms with Gasteiger partial charge in [0.2, 0.25) is 0 Å². The fraction of sp³-hybridized carbons (Fsp3) is 0.391. The van der Waals surface area contributed by atoms with Gasteiger partial charge in [0.1, 0.15) is 0 Å². The van der Waals surface area contributed by atoms with Gasteiger partial charge in [-0.1, -0.05) is 36.4 Å². The number of rotatable bonds is 12. The lowest BCUT2D eigenvalue weighted by Crippen LogP contribution is -2.30. The highest BCUT2D eigenvalue weighted by Gasteiger charge is 2.09. The highest BCUT2D eigenvalue weighted by Crippen LogP contribution is 2.28. The molecule has 0 aliphatic rings. The third-order valence-corrected chi connectivity index (χ3v) is 4.17. The second-order valence-electron chi connectivity index (χ2n) is 6.39. The van der Waals surface area contributed by atoms with Crippen molar-refractivity contribution in [1.29, 1.82) is 0 Å². The standard InChI is InChI=1S/C23H29NO5/c1-3-27-20-12-10-19(16-21(20)28-4-2)14-15-24-22(25)17-29-23(26)13-11-18-8-6-5-7-9-18/h5-10,12,16H,3-4,11,13-15,17H2,1-2H3,(H,24,25). The number of carbonyl (C=O) groups is 2. The SMILES string of the molecule is CCOc1ccc(CCNC(=O)COC(=O)CCc2ccccc2)cc1OCC. The highest BCUT2D eigenvalue weighted by molar-refractivity contribution is 5.80. The van der Waals surface area contributed by atoms with Crippen molar-refractivity contribution in [1.82, 2.24) is 5.32 Å². The van der Waals surface area contributed by atoms with Crippen LogP contribution in [0.25, 0.3) is 0 Å². The number of carbonyl (C=O) groups excluding carboxylic acids is 2. The minimum atomic E-state index is -0.378. The lowest BCUT2D eigenvalue weighted by atomic mass is 10.1. The van der Waals surface area contributed by atoms with Crippen molar-refractivity contribution in [2.24, 2.45) is 0 Å². The predicted octanol–water partition coefficient (Wildman–Crippen LogP) is 3.32. The first-order valence-corrected chi connectivity index (χ1v) is 9.97. The van der Waals surface area contributed by atoms with Crippen LogP contribution in [-0.2, 0) is 27.2 Å². The Balaban J connectivity index is 1.68. The molecule has 0 atom stereocenters. The fourth-order valence-electron chi connectivity index (χ4n) is 2.76. The van der Waals surface area contributed by atoms with Gasteiger partial charge in [0.15, 0.2) is 18.1 Å². The molecule has 0 heterocycles. The number of benzene rings is 2. The Morgan fingerprint density at radius 1 is 0.862 bits per heavy atom. The molecule has 0 saturated heterocycles. The van der Waals surface area contributed by atoms with Gasteiger partial charge in [-0.15, -0.1) is 0 Å². The molecule has 2 aromatic rings. The maximum absolute atomic E-state index is 11.9. The van der Waals surface area contributed by atoms with Gasteiger partial charge >= 0.3 is 5.97 Å². The maximum Gasteiger partial charge on any atom is 0.306 e. The van der Waals surface area contributed by atoms with Gasteiger partial charge in [-0.05, 0) is 49.9 Å². The summed E-state index contributed by atoms with van der Waals surface area (Å²) < 4.78 is 16.2.